The number of rotatable bonds is 4. The zero-order valence-electron chi connectivity index (χ0n) is 13.8. The molecule has 0 saturated heterocycles. The second-order valence-corrected chi connectivity index (χ2v) is 6.06. The van der Waals surface area contributed by atoms with E-state index in [2.05, 4.69) is 12.1 Å². The number of benzene rings is 3. The van der Waals surface area contributed by atoms with Gasteiger partial charge in [-0.05, 0) is 16.8 Å². The van der Waals surface area contributed by atoms with Crippen molar-refractivity contribution in [1.82, 2.24) is 0 Å². The maximum absolute atomic E-state index is 13.3. The molecule has 0 aliphatic carbocycles. The van der Waals surface area contributed by atoms with Gasteiger partial charge in [-0.1, -0.05) is 72.8 Å². The first-order valence-electron chi connectivity index (χ1n) is 8.38. The highest BCUT2D eigenvalue weighted by Crippen LogP contribution is 2.20. The van der Waals surface area contributed by atoms with Crippen molar-refractivity contribution in [2.75, 3.05) is 0 Å². The van der Waals surface area contributed by atoms with E-state index in [4.69, 9.17) is 0 Å². The van der Waals surface area contributed by atoms with Crippen molar-refractivity contribution in [3.05, 3.63) is 114 Å². The molecule has 2 nitrogen and oxygen atoms in total. The molecule has 0 N–H and O–H groups in total. The number of aromatic nitrogens is 1. The zero-order chi connectivity index (χ0) is 17.1. The van der Waals surface area contributed by atoms with Crippen LogP contribution in [0.25, 0.3) is 10.8 Å². The highest BCUT2D eigenvalue weighted by molar-refractivity contribution is 6.14. The first-order chi connectivity index (χ1) is 12.3. The van der Waals surface area contributed by atoms with Gasteiger partial charge < -0.3 is 0 Å². The number of pyridine rings is 1. The number of nitrogens with zero attached hydrogens (tertiary/aromatic N) is 1. The fourth-order valence-electron chi connectivity index (χ4n) is 3.16. The van der Waals surface area contributed by atoms with Gasteiger partial charge in [-0.3, -0.25) is 4.79 Å². The Bertz CT molecular complexity index is 1030. The lowest BCUT2D eigenvalue weighted by molar-refractivity contribution is -0.690. The van der Waals surface area contributed by atoms with E-state index in [9.17, 15) is 4.79 Å². The second-order valence-electron chi connectivity index (χ2n) is 6.06. The molecule has 0 atom stereocenters. The lowest BCUT2D eigenvalue weighted by Gasteiger charge is -2.06. The average Bonchev–Trinajstić information content (AvgIpc) is 2.68. The molecule has 0 spiro atoms. The van der Waals surface area contributed by atoms with Gasteiger partial charge in [0.05, 0.1) is 0 Å². The van der Waals surface area contributed by atoms with Crippen LogP contribution in [0.2, 0.25) is 0 Å². The summed E-state index contributed by atoms with van der Waals surface area (Å²) in [6.45, 7) is 0.674. The van der Waals surface area contributed by atoms with Gasteiger partial charge >= 0.3 is 0 Å². The van der Waals surface area contributed by atoms with Gasteiger partial charge in [-0.2, -0.15) is 4.57 Å². The smallest absolute Gasteiger partial charge is 0.257 e. The molecule has 0 bridgehead atoms. The third kappa shape index (κ3) is 3.07. The standard InChI is InChI=1S/C23H18NO/c25-23(21-14-8-12-19-11-4-5-13-20(19)21)22-15-6-7-16-24(22)17-18-9-2-1-3-10-18/h1-16H,17H2/q+1. The summed E-state index contributed by atoms with van der Waals surface area (Å²) in [5, 5.41) is 2.07. The van der Waals surface area contributed by atoms with Gasteiger partial charge in [-0.15, -0.1) is 0 Å². The molecule has 0 fully saturated rings. The van der Waals surface area contributed by atoms with Crippen LogP contribution in [-0.4, -0.2) is 5.78 Å². The van der Waals surface area contributed by atoms with E-state index in [1.54, 1.807) is 0 Å². The SMILES string of the molecule is O=C(c1cccc2ccccc12)c1cccc[n+]1Cc1ccccc1. The lowest BCUT2D eigenvalue weighted by atomic mass is 9.99. The van der Waals surface area contributed by atoms with Crippen LogP contribution in [0.4, 0.5) is 0 Å². The van der Waals surface area contributed by atoms with Gasteiger partial charge in [0.15, 0.2) is 12.7 Å². The minimum Gasteiger partial charge on any atom is -0.282 e. The Morgan fingerprint density at radius 1 is 0.720 bits per heavy atom. The number of ketones is 1. The van der Waals surface area contributed by atoms with Crippen LogP contribution in [0, 0.1) is 0 Å². The van der Waals surface area contributed by atoms with E-state index >= 15 is 0 Å². The second kappa shape index (κ2) is 6.70. The molecule has 4 aromatic rings. The lowest BCUT2D eigenvalue weighted by Crippen LogP contribution is -2.40. The van der Waals surface area contributed by atoms with Crippen molar-refractivity contribution in [3.63, 3.8) is 0 Å². The summed E-state index contributed by atoms with van der Waals surface area (Å²) in [6, 6.07) is 29.9. The molecule has 1 aromatic heterocycles. The molecule has 0 unspecified atom stereocenters. The predicted octanol–water partition coefficient (Wildman–Crippen LogP) is 4.41. The number of carbonyl (C=O) groups excluding carboxylic acids is 1. The van der Waals surface area contributed by atoms with Crippen molar-refractivity contribution in [2.24, 2.45) is 0 Å². The topological polar surface area (TPSA) is 20.9 Å². The van der Waals surface area contributed by atoms with Crippen molar-refractivity contribution in [2.45, 2.75) is 6.54 Å². The predicted molar refractivity (Wildman–Crippen MR) is 99.6 cm³/mol. The maximum Gasteiger partial charge on any atom is 0.257 e. The number of hydrogen-bond acceptors (Lipinski definition) is 1. The summed E-state index contributed by atoms with van der Waals surface area (Å²) >= 11 is 0. The Kier molecular flexibility index (Phi) is 4.09. The number of fused-ring (bicyclic) bond motifs is 1. The number of hydrogen-bond donors (Lipinski definition) is 0. The van der Waals surface area contributed by atoms with Crippen molar-refractivity contribution >= 4 is 16.6 Å². The quantitative estimate of drug-likeness (QED) is 0.402. The maximum atomic E-state index is 13.3. The van der Waals surface area contributed by atoms with Crippen molar-refractivity contribution in [1.29, 1.82) is 0 Å². The van der Waals surface area contributed by atoms with Crippen LogP contribution in [0.5, 0.6) is 0 Å². The summed E-state index contributed by atoms with van der Waals surface area (Å²) in [7, 11) is 0. The van der Waals surface area contributed by atoms with E-state index in [0.29, 0.717) is 12.2 Å². The van der Waals surface area contributed by atoms with E-state index < -0.39 is 0 Å². The monoisotopic (exact) mass is 324 g/mol. The van der Waals surface area contributed by atoms with Crippen LogP contribution < -0.4 is 4.57 Å². The Morgan fingerprint density at radius 2 is 1.44 bits per heavy atom. The largest absolute Gasteiger partial charge is 0.282 e. The van der Waals surface area contributed by atoms with Crippen LogP contribution in [-0.2, 0) is 6.54 Å². The molecule has 0 amide bonds. The Labute approximate surface area is 147 Å². The number of carbonyl (C=O) groups is 1. The van der Waals surface area contributed by atoms with Gasteiger partial charge in [0.2, 0.25) is 0 Å². The average molecular weight is 324 g/mol. The molecule has 0 aliphatic heterocycles. The van der Waals surface area contributed by atoms with E-state index in [1.165, 1.54) is 5.56 Å². The molecule has 3 aromatic carbocycles. The molecule has 0 saturated carbocycles. The first kappa shape index (κ1) is 15.3. The van der Waals surface area contributed by atoms with E-state index in [-0.39, 0.29) is 5.78 Å². The fourth-order valence-corrected chi connectivity index (χ4v) is 3.16. The van der Waals surface area contributed by atoms with Crippen molar-refractivity contribution < 1.29 is 9.36 Å². The van der Waals surface area contributed by atoms with Crippen LogP contribution >= 0.6 is 0 Å². The first-order valence-corrected chi connectivity index (χ1v) is 8.38. The summed E-state index contributed by atoms with van der Waals surface area (Å²) in [6.07, 6.45) is 1.96. The molecular formula is C23H18NO+. The molecule has 0 radical (unpaired) electrons. The molecule has 4 rings (SSSR count). The van der Waals surface area contributed by atoms with E-state index in [1.807, 2.05) is 89.6 Å². The molecule has 2 heteroatoms. The van der Waals surface area contributed by atoms with Crippen LogP contribution in [0.3, 0.4) is 0 Å². The summed E-state index contributed by atoms with van der Waals surface area (Å²) in [5.74, 6) is 0.0494. The highest BCUT2D eigenvalue weighted by Gasteiger charge is 2.22. The third-order valence-corrected chi connectivity index (χ3v) is 4.40. The minimum absolute atomic E-state index is 0.0494. The molecular weight excluding hydrogens is 306 g/mol. The highest BCUT2D eigenvalue weighted by atomic mass is 16.1. The van der Waals surface area contributed by atoms with Crippen LogP contribution in [0.1, 0.15) is 21.6 Å². The van der Waals surface area contributed by atoms with Gasteiger partial charge in [0.25, 0.3) is 11.5 Å². The van der Waals surface area contributed by atoms with Crippen molar-refractivity contribution in [3.8, 4) is 0 Å². The fraction of sp³-hybridized carbons (Fsp3) is 0.0435. The molecule has 1 heterocycles. The zero-order valence-corrected chi connectivity index (χ0v) is 13.8. The molecule has 0 aliphatic rings. The third-order valence-electron chi connectivity index (χ3n) is 4.40. The normalized spacial score (nSPS) is 10.7. The van der Waals surface area contributed by atoms with Gasteiger partial charge in [0, 0.05) is 23.3 Å². The summed E-state index contributed by atoms with van der Waals surface area (Å²) < 4.78 is 2.01. The summed E-state index contributed by atoms with van der Waals surface area (Å²) in [4.78, 5) is 13.3. The Balaban J connectivity index is 1.78. The van der Waals surface area contributed by atoms with Gasteiger partial charge in [-0.25, -0.2) is 0 Å². The Hall–Kier alpha value is -3.26. The van der Waals surface area contributed by atoms with Gasteiger partial charge in [0.1, 0.15) is 0 Å². The Morgan fingerprint density at radius 3 is 2.32 bits per heavy atom. The molecule has 25 heavy (non-hydrogen) atoms. The molecule has 120 valence electrons. The minimum atomic E-state index is 0.0494. The summed E-state index contributed by atoms with van der Waals surface area (Å²) in [5.41, 5.74) is 2.61. The van der Waals surface area contributed by atoms with Crippen LogP contribution in [0.15, 0.2) is 97.2 Å². The van der Waals surface area contributed by atoms with E-state index in [0.717, 1.165) is 16.3 Å².